The minimum atomic E-state index is -0.890. The van der Waals surface area contributed by atoms with Crippen LogP contribution in [0, 0.1) is 11.8 Å². The zero-order chi connectivity index (χ0) is 14.4. The van der Waals surface area contributed by atoms with Gasteiger partial charge in [-0.25, -0.2) is 0 Å². The highest BCUT2D eigenvalue weighted by atomic mass is 16.5. The smallest absolute Gasteiger partial charge is 0.140 e. The molecule has 3 heteroatoms. The van der Waals surface area contributed by atoms with E-state index < -0.39 is 6.10 Å². The molecule has 0 aliphatic rings. The molecule has 0 aliphatic carbocycles. The van der Waals surface area contributed by atoms with E-state index in [1.165, 1.54) is 0 Å². The minimum Gasteiger partial charge on any atom is -0.497 e. The lowest BCUT2D eigenvalue weighted by Gasteiger charge is -2.09. The van der Waals surface area contributed by atoms with Crippen LogP contribution in [-0.2, 0) is 0 Å². The summed E-state index contributed by atoms with van der Waals surface area (Å²) in [6, 6.07) is 14.8. The second-order valence-corrected chi connectivity index (χ2v) is 4.18. The molecule has 20 heavy (non-hydrogen) atoms. The summed E-state index contributed by atoms with van der Waals surface area (Å²) in [7, 11) is 3.14. The predicted molar refractivity (Wildman–Crippen MR) is 77.8 cm³/mol. The molecule has 0 aliphatic heterocycles. The molecular weight excluding hydrogens is 252 g/mol. The fraction of sp³-hybridized carbons (Fsp3) is 0.176. The van der Waals surface area contributed by atoms with Gasteiger partial charge in [-0.1, -0.05) is 30.0 Å². The molecule has 0 saturated heterocycles. The highest BCUT2D eigenvalue weighted by molar-refractivity contribution is 5.43. The van der Waals surface area contributed by atoms with Crippen molar-refractivity contribution in [3.8, 4) is 23.3 Å². The Morgan fingerprint density at radius 3 is 2.10 bits per heavy atom. The van der Waals surface area contributed by atoms with E-state index in [0.717, 1.165) is 5.56 Å². The number of hydrogen-bond donors (Lipinski definition) is 1. The van der Waals surface area contributed by atoms with Crippen LogP contribution in [0.4, 0.5) is 0 Å². The third kappa shape index (κ3) is 3.53. The second kappa shape index (κ2) is 6.65. The van der Waals surface area contributed by atoms with Crippen LogP contribution in [0.1, 0.15) is 17.2 Å². The topological polar surface area (TPSA) is 38.7 Å². The van der Waals surface area contributed by atoms with Crippen LogP contribution in [0.2, 0.25) is 0 Å². The van der Waals surface area contributed by atoms with Gasteiger partial charge in [-0.2, -0.15) is 0 Å². The summed E-state index contributed by atoms with van der Waals surface area (Å²) < 4.78 is 10.3. The van der Waals surface area contributed by atoms with Gasteiger partial charge in [-0.15, -0.1) is 0 Å². The van der Waals surface area contributed by atoms with Crippen molar-refractivity contribution in [3.05, 3.63) is 59.7 Å². The van der Waals surface area contributed by atoms with Gasteiger partial charge in [-0.3, -0.25) is 0 Å². The number of methoxy groups -OCH3 is 2. The summed E-state index contributed by atoms with van der Waals surface area (Å²) in [5.74, 6) is 7.00. The maximum Gasteiger partial charge on any atom is 0.140 e. The quantitative estimate of drug-likeness (QED) is 0.870. The largest absolute Gasteiger partial charge is 0.497 e. The van der Waals surface area contributed by atoms with E-state index >= 15 is 0 Å². The summed E-state index contributed by atoms with van der Waals surface area (Å²) in [6.07, 6.45) is -0.890. The molecule has 0 saturated carbocycles. The number of aliphatic hydroxyl groups is 1. The molecule has 0 bridgehead atoms. The SMILES string of the molecule is COc1cc(OC)cc(C(O)C#Cc2ccccc2)c1. The molecule has 2 aromatic carbocycles. The van der Waals surface area contributed by atoms with E-state index in [1.807, 2.05) is 30.3 Å². The first-order valence-corrected chi connectivity index (χ1v) is 6.20. The summed E-state index contributed by atoms with van der Waals surface area (Å²) in [5, 5.41) is 10.1. The van der Waals surface area contributed by atoms with E-state index in [9.17, 15) is 5.11 Å². The van der Waals surface area contributed by atoms with Crippen LogP contribution in [0.15, 0.2) is 48.5 Å². The molecule has 0 heterocycles. The lowest BCUT2D eigenvalue weighted by atomic mass is 10.1. The molecule has 2 aromatic rings. The molecule has 102 valence electrons. The molecule has 3 nitrogen and oxygen atoms in total. The van der Waals surface area contributed by atoms with Gasteiger partial charge in [0.25, 0.3) is 0 Å². The maximum absolute atomic E-state index is 10.1. The molecule has 0 fully saturated rings. The third-order valence-corrected chi connectivity index (χ3v) is 2.82. The fourth-order valence-electron chi connectivity index (χ4n) is 1.74. The van der Waals surface area contributed by atoms with Gasteiger partial charge < -0.3 is 14.6 Å². The van der Waals surface area contributed by atoms with E-state index in [-0.39, 0.29) is 0 Å². The summed E-state index contributed by atoms with van der Waals surface area (Å²) in [5.41, 5.74) is 1.51. The van der Waals surface area contributed by atoms with Crippen molar-refractivity contribution in [2.24, 2.45) is 0 Å². The van der Waals surface area contributed by atoms with Crippen LogP contribution >= 0.6 is 0 Å². The second-order valence-electron chi connectivity index (χ2n) is 4.18. The first-order valence-electron chi connectivity index (χ1n) is 6.20. The van der Waals surface area contributed by atoms with Gasteiger partial charge >= 0.3 is 0 Å². The highest BCUT2D eigenvalue weighted by Gasteiger charge is 2.08. The molecule has 0 aromatic heterocycles. The van der Waals surface area contributed by atoms with Crippen LogP contribution in [0.5, 0.6) is 11.5 Å². The molecule has 1 atom stereocenters. The van der Waals surface area contributed by atoms with Crippen molar-refractivity contribution in [2.75, 3.05) is 14.2 Å². The normalized spacial score (nSPS) is 11.2. The van der Waals surface area contributed by atoms with Gasteiger partial charge in [0, 0.05) is 11.6 Å². The summed E-state index contributed by atoms with van der Waals surface area (Å²) in [6.45, 7) is 0. The van der Waals surface area contributed by atoms with Crippen molar-refractivity contribution < 1.29 is 14.6 Å². The predicted octanol–water partition coefficient (Wildman–Crippen LogP) is 2.79. The average Bonchev–Trinajstić information content (AvgIpc) is 2.52. The number of ether oxygens (including phenoxy) is 2. The van der Waals surface area contributed by atoms with Crippen molar-refractivity contribution >= 4 is 0 Å². The van der Waals surface area contributed by atoms with Gasteiger partial charge in [0.2, 0.25) is 0 Å². The number of aliphatic hydroxyl groups excluding tert-OH is 1. The average molecular weight is 268 g/mol. The van der Waals surface area contributed by atoms with Gasteiger partial charge in [-0.05, 0) is 29.8 Å². The Hall–Kier alpha value is -2.44. The van der Waals surface area contributed by atoms with E-state index in [2.05, 4.69) is 11.8 Å². The number of benzene rings is 2. The monoisotopic (exact) mass is 268 g/mol. The van der Waals surface area contributed by atoms with E-state index in [1.54, 1.807) is 32.4 Å². The molecule has 2 rings (SSSR count). The Bertz CT molecular complexity index is 601. The molecule has 1 unspecified atom stereocenters. The third-order valence-electron chi connectivity index (χ3n) is 2.82. The highest BCUT2D eigenvalue weighted by Crippen LogP contribution is 2.26. The van der Waals surface area contributed by atoms with Gasteiger partial charge in [0.05, 0.1) is 14.2 Å². The van der Waals surface area contributed by atoms with Crippen molar-refractivity contribution in [1.82, 2.24) is 0 Å². The Morgan fingerprint density at radius 1 is 0.950 bits per heavy atom. The number of hydrogen-bond acceptors (Lipinski definition) is 3. The Balaban J connectivity index is 2.25. The molecule has 0 radical (unpaired) electrons. The Labute approximate surface area is 118 Å². The number of rotatable bonds is 3. The lowest BCUT2D eigenvalue weighted by molar-refractivity contribution is 0.237. The zero-order valence-corrected chi connectivity index (χ0v) is 11.5. The zero-order valence-electron chi connectivity index (χ0n) is 11.5. The molecular formula is C17H16O3. The van der Waals surface area contributed by atoms with Crippen molar-refractivity contribution in [1.29, 1.82) is 0 Å². The van der Waals surface area contributed by atoms with Crippen LogP contribution in [0.25, 0.3) is 0 Å². The molecule has 0 amide bonds. The van der Waals surface area contributed by atoms with Crippen molar-refractivity contribution in [3.63, 3.8) is 0 Å². The van der Waals surface area contributed by atoms with Crippen molar-refractivity contribution in [2.45, 2.75) is 6.10 Å². The summed E-state index contributed by atoms with van der Waals surface area (Å²) in [4.78, 5) is 0. The van der Waals surface area contributed by atoms with E-state index in [0.29, 0.717) is 17.1 Å². The van der Waals surface area contributed by atoms with Gasteiger partial charge in [0.15, 0.2) is 0 Å². The Morgan fingerprint density at radius 2 is 1.55 bits per heavy atom. The summed E-state index contributed by atoms with van der Waals surface area (Å²) >= 11 is 0. The first kappa shape index (κ1) is 14.0. The Kier molecular flexibility index (Phi) is 4.65. The van der Waals surface area contributed by atoms with Crippen LogP contribution < -0.4 is 9.47 Å². The molecule has 1 N–H and O–H groups in total. The lowest BCUT2D eigenvalue weighted by Crippen LogP contribution is -1.96. The maximum atomic E-state index is 10.1. The van der Waals surface area contributed by atoms with Crippen LogP contribution in [0.3, 0.4) is 0 Å². The minimum absolute atomic E-state index is 0.625. The standard InChI is InChI=1S/C17H16O3/c1-19-15-10-14(11-16(12-15)20-2)17(18)9-8-13-6-4-3-5-7-13/h3-7,10-12,17-18H,1-2H3. The van der Waals surface area contributed by atoms with Crippen LogP contribution in [-0.4, -0.2) is 19.3 Å². The van der Waals surface area contributed by atoms with Gasteiger partial charge in [0.1, 0.15) is 17.6 Å². The van der Waals surface area contributed by atoms with E-state index in [4.69, 9.17) is 9.47 Å². The molecule has 0 spiro atoms. The fourth-order valence-corrected chi connectivity index (χ4v) is 1.74. The first-order chi connectivity index (χ1) is 9.72.